The molecule has 0 aromatic carbocycles. The largest absolute Gasteiger partial charge is 0.360 e. The fourth-order valence-electron chi connectivity index (χ4n) is 1.22. The molecule has 0 amide bonds. The molecule has 1 atom stereocenters. The van der Waals surface area contributed by atoms with Crippen molar-refractivity contribution in [3.8, 4) is 0 Å². The van der Waals surface area contributed by atoms with Gasteiger partial charge in [-0.15, -0.1) is 11.6 Å². The molecule has 0 aliphatic carbocycles. The summed E-state index contributed by atoms with van der Waals surface area (Å²) >= 11 is 9.35. The maximum Gasteiger partial charge on any atom is 0.128 e. The Morgan fingerprint density at radius 1 is 1.60 bits per heavy atom. The maximum atomic E-state index is 5.91. The van der Waals surface area contributed by atoms with Gasteiger partial charge in [0, 0.05) is 29.6 Å². The van der Waals surface area contributed by atoms with Crippen LogP contribution in [0.4, 0.5) is 5.82 Å². The summed E-state index contributed by atoms with van der Waals surface area (Å²) in [7, 11) is 2.04. The minimum atomic E-state index is 0.212. The zero-order valence-corrected chi connectivity index (χ0v) is 11.6. The van der Waals surface area contributed by atoms with E-state index in [-0.39, 0.29) is 5.38 Å². The molecule has 2 nitrogen and oxygen atoms in total. The van der Waals surface area contributed by atoms with Crippen molar-refractivity contribution in [1.29, 1.82) is 0 Å². The van der Waals surface area contributed by atoms with Crippen LogP contribution in [-0.4, -0.2) is 24.0 Å². The van der Waals surface area contributed by atoms with E-state index in [0.717, 1.165) is 23.3 Å². The quantitative estimate of drug-likeness (QED) is 0.788. The van der Waals surface area contributed by atoms with E-state index in [1.165, 1.54) is 5.56 Å². The predicted molar refractivity (Wildman–Crippen MR) is 69.9 cm³/mol. The number of alkyl halides is 1. The molecule has 0 fully saturated rings. The van der Waals surface area contributed by atoms with Crippen LogP contribution in [0.15, 0.2) is 16.7 Å². The molecule has 0 aliphatic rings. The second-order valence-corrected chi connectivity index (χ2v) is 5.38. The lowest BCUT2D eigenvalue weighted by molar-refractivity contribution is 0.765. The number of pyridine rings is 1. The van der Waals surface area contributed by atoms with E-state index in [1.807, 2.05) is 20.2 Å². The molecule has 0 N–H and O–H groups in total. The third kappa shape index (κ3) is 3.99. The van der Waals surface area contributed by atoms with Crippen LogP contribution >= 0.6 is 27.5 Å². The number of hydrogen-bond donors (Lipinski definition) is 0. The second-order valence-electron chi connectivity index (χ2n) is 3.78. The van der Waals surface area contributed by atoms with Crippen molar-refractivity contribution in [1.82, 2.24) is 4.98 Å². The molecule has 0 saturated carbocycles. The Bertz CT molecular complexity index is 328. The SMILES string of the molecule is Cc1cc(N(C)CCC(C)Cl)ncc1Br. The van der Waals surface area contributed by atoms with Gasteiger partial charge in [0.05, 0.1) is 0 Å². The highest BCUT2D eigenvalue weighted by atomic mass is 79.9. The second kappa shape index (κ2) is 5.71. The average Bonchev–Trinajstić information content (AvgIpc) is 2.18. The van der Waals surface area contributed by atoms with Crippen LogP contribution in [0.2, 0.25) is 0 Å². The predicted octanol–water partition coefficient (Wildman–Crippen LogP) is 3.61. The van der Waals surface area contributed by atoms with E-state index in [2.05, 4.69) is 38.8 Å². The van der Waals surface area contributed by atoms with E-state index < -0.39 is 0 Å². The first kappa shape index (κ1) is 12.8. The van der Waals surface area contributed by atoms with E-state index >= 15 is 0 Å². The summed E-state index contributed by atoms with van der Waals surface area (Å²) in [5, 5.41) is 0.212. The van der Waals surface area contributed by atoms with Crippen LogP contribution in [0.3, 0.4) is 0 Å². The molecule has 4 heteroatoms. The molecule has 1 heterocycles. The summed E-state index contributed by atoms with van der Waals surface area (Å²) in [5.41, 5.74) is 1.20. The molecule has 1 rings (SSSR count). The molecule has 0 bridgehead atoms. The molecular weight excluding hydrogens is 275 g/mol. The Balaban J connectivity index is 2.65. The van der Waals surface area contributed by atoms with Gasteiger partial charge in [0.25, 0.3) is 0 Å². The average molecular weight is 292 g/mol. The minimum absolute atomic E-state index is 0.212. The van der Waals surface area contributed by atoms with Crippen LogP contribution < -0.4 is 4.90 Å². The first-order valence-corrected chi connectivity index (χ1v) is 6.21. The van der Waals surface area contributed by atoms with Crippen molar-refractivity contribution in [2.45, 2.75) is 25.6 Å². The lowest BCUT2D eigenvalue weighted by Gasteiger charge is -2.19. The van der Waals surface area contributed by atoms with Gasteiger partial charge >= 0.3 is 0 Å². The maximum absolute atomic E-state index is 5.91. The number of aromatic nitrogens is 1. The number of aryl methyl sites for hydroxylation is 1. The normalized spacial score (nSPS) is 12.6. The molecule has 1 aromatic heterocycles. The van der Waals surface area contributed by atoms with E-state index in [0.29, 0.717) is 0 Å². The van der Waals surface area contributed by atoms with Gasteiger partial charge in [-0.2, -0.15) is 0 Å². The van der Waals surface area contributed by atoms with Gasteiger partial charge in [0.1, 0.15) is 5.82 Å². The topological polar surface area (TPSA) is 16.1 Å². The number of halogens is 2. The summed E-state index contributed by atoms with van der Waals surface area (Å²) in [5.74, 6) is 0.994. The Kier molecular flexibility index (Phi) is 4.87. The molecule has 1 unspecified atom stereocenters. The Hall–Kier alpha value is -0.280. The van der Waals surface area contributed by atoms with E-state index in [1.54, 1.807) is 0 Å². The number of anilines is 1. The summed E-state index contributed by atoms with van der Waals surface area (Å²) in [6, 6.07) is 2.07. The summed E-state index contributed by atoms with van der Waals surface area (Å²) in [6.07, 6.45) is 2.81. The monoisotopic (exact) mass is 290 g/mol. The molecule has 84 valence electrons. The first-order chi connectivity index (χ1) is 7.00. The molecular formula is C11H16BrClN2. The van der Waals surface area contributed by atoms with Crippen LogP contribution in [0, 0.1) is 6.92 Å². The molecule has 0 spiro atoms. The van der Waals surface area contributed by atoms with Crippen molar-refractivity contribution < 1.29 is 0 Å². The highest BCUT2D eigenvalue weighted by molar-refractivity contribution is 9.10. The van der Waals surface area contributed by atoms with Crippen molar-refractivity contribution in [2.75, 3.05) is 18.5 Å². The molecule has 0 radical (unpaired) electrons. The van der Waals surface area contributed by atoms with E-state index in [9.17, 15) is 0 Å². The van der Waals surface area contributed by atoms with Crippen molar-refractivity contribution >= 4 is 33.3 Å². The molecule has 1 aromatic rings. The fourth-order valence-corrected chi connectivity index (χ4v) is 1.53. The van der Waals surface area contributed by atoms with Gasteiger partial charge in [-0.05, 0) is 47.8 Å². The number of hydrogen-bond acceptors (Lipinski definition) is 2. The summed E-state index contributed by atoms with van der Waals surface area (Å²) in [4.78, 5) is 6.48. The third-order valence-electron chi connectivity index (χ3n) is 2.29. The third-order valence-corrected chi connectivity index (χ3v) is 3.33. The smallest absolute Gasteiger partial charge is 0.128 e. The summed E-state index contributed by atoms with van der Waals surface area (Å²) in [6.45, 7) is 5.00. The van der Waals surface area contributed by atoms with Crippen LogP contribution in [-0.2, 0) is 0 Å². The van der Waals surface area contributed by atoms with Gasteiger partial charge in [-0.25, -0.2) is 4.98 Å². The number of nitrogens with zero attached hydrogens (tertiary/aromatic N) is 2. The Morgan fingerprint density at radius 2 is 2.27 bits per heavy atom. The minimum Gasteiger partial charge on any atom is -0.360 e. The van der Waals surface area contributed by atoms with Gasteiger partial charge in [0.2, 0.25) is 0 Å². The Morgan fingerprint density at radius 3 is 2.80 bits per heavy atom. The van der Waals surface area contributed by atoms with Gasteiger partial charge in [0.15, 0.2) is 0 Å². The van der Waals surface area contributed by atoms with Gasteiger partial charge < -0.3 is 4.90 Å². The fraction of sp³-hybridized carbons (Fsp3) is 0.545. The van der Waals surface area contributed by atoms with Crippen LogP contribution in [0.5, 0.6) is 0 Å². The van der Waals surface area contributed by atoms with Crippen LogP contribution in [0.1, 0.15) is 18.9 Å². The van der Waals surface area contributed by atoms with Gasteiger partial charge in [-0.3, -0.25) is 0 Å². The van der Waals surface area contributed by atoms with E-state index in [4.69, 9.17) is 11.6 Å². The lowest BCUT2D eigenvalue weighted by atomic mass is 10.2. The summed E-state index contributed by atoms with van der Waals surface area (Å²) < 4.78 is 1.05. The van der Waals surface area contributed by atoms with Crippen molar-refractivity contribution in [3.05, 3.63) is 22.3 Å². The zero-order valence-electron chi connectivity index (χ0n) is 9.30. The van der Waals surface area contributed by atoms with Crippen molar-refractivity contribution in [2.24, 2.45) is 0 Å². The van der Waals surface area contributed by atoms with Crippen LogP contribution in [0.25, 0.3) is 0 Å². The highest BCUT2D eigenvalue weighted by Gasteiger charge is 2.05. The van der Waals surface area contributed by atoms with Crippen molar-refractivity contribution in [3.63, 3.8) is 0 Å². The van der Waals surface area contributed by atoms with Gasteiger partial charge in [-0.1, -0.05) is 0 Å². The Labute approximate surface area is 105 Å². The highest BCUT2D eigenvalue weighted by Crippen LogP contribution is 2.19. The molecule has 15 heavy (non-hydrogen) atoms. The molecule has 0 aliphatic heterocycles. The zero-order chi connectivity index (χ0) is 11.4. The standard InChI is InChI=1S/C11H16BrClN2/c1-8-6-11(14-7-10(8)12)15(3)5-4-9(2)13/h6-7,9H,4-5H2,1-3H3. The first-order valence-electron chi connectivity index (χ1n) is 4.98. The lowest BCUT2D eigenvalue weighted by Crippen LogP contribution is -2.21. The number of rotatable bonds is 4. The molecule has 0 saturated heterocycles.